The molecule has 0 fully saturated rings. The van der Waals surface area contributed by atoms with Gasteiger partial charge in [-0.05, 0) is 77.0 Å². The zero-order valence-electron chi connectivity index (χ0n) is 29.4. The van der Waals surface area contributed by atoms with Gasteiger partial charge in [-0.3, -0.25) is 14.1 Å². The molecule has 0 aromatic heterocycles. The summed E-state index contributed by atoms with van der Waals surface area (Å²) in [6.45, 7) is 3.54. The van der Waals surface area contributed by atoms with Crippen LogP contribution in [0.1, 0.15) is 149 Å². The van der Waals surface area contributed by atoms with Crippen LogP contribution in [0, 0.1) is 0 Å². The number of hydrogen-bond acceptors (Lipinski definition) is 6. The first kappa shape index (κ1) is 44.8. The van der Waals surface area contributed by atoms with Gasteiger partial charge in [-0.15, -0.1) is 0 Å². The summed E-state index contributed by atoms with van der Waals surface area (Å²) >= 11 is 0. The van der Waals surface area contributed by atoms with Crippen molar-refractivity contribution in [1.82, 2.24) is 0 Å². The number of phosphoric ester groups is 1. The summed E-state index contributed by atoms with van der Waals surface area (Å²) in [5.74, 6) is -0.953. The summed E-state index contributed by atoms with van der Waals surface area (Å²) in [4.78, 5) is 42.6. The first-order valence-electron chi connectivity index (χ1n) is 18.1. The van der Waals surface area contributed by atoms with Crippen molar-refractivity contribution in [2.24, 2.45) is 0 Å². The van der Waals surface area contributed by atoms with E-state index in [1.807, 2.05) is 0 Å². The van der Waals surface area contributed by atoms with Crippen LogP contribution in [0.4, 0.5) is 0 Å². The molecule has 0 aromatic carbocycles. The summed E-state index contributed by atoms with van der Waals surface area (Å²) in [6.07, 6.45) is 40.8. The highest BCUT2D eigenvalue weighted by Crippen LogP contribution is 2.35. The van der Waals surface area contributed by atoms with Gasteiger partial charge in [0.2, 0.25) is 0 Å². The van der Waals surface area contributed by atoms with E-state index in [0.29, 0.717) is 12.8 Å². The molecule has 8 nitrogen and oxygen atoms in total. The lowest BCUT2D eigenvalue weighted by Crippen LogP contribution is -2.29. The van der Waals surface area contributed by atoms with Gasteiger partial charge in [-0.25, -0.2) is 4.57 Å². The topological polar surface area (TPSA) is 119 Å². The quantitative estimate of drug-likeness (QED) is 0.0312. The Morgan fingerprint density at radius 1 is 0.553 bits per heavy atom. The molecular formula is C38H65O8P. The number of unbranched alkanes of at least 4 members (excludes halogenated alkanes) is 12. The van der Waals surface area contributed by atoms with Crippen LogP contribution >= 0.6 is 7.82 Å². The van der Waals surface area contributed by atoms with Gasteiger partial charge in [0.05, 0.1) is 6.61 Å². The molecule has 0 unspecified atom stereocenters. The second-order valence-corrected chi connectivity index (χ2v) is 13.1. The van der Waals surface area contributed by atoms with Gasteiger partial charge in [-0.2, -0.15) is 0 Å². The summed E-state index contributed by atoms with van der Waals surface area (Å²) in [5.41, 5.74) is 0. The third-order valence-corrected chi connectivity index (χ3v) is 7.74. The monoisotopic (exact) mass is 680 g/mol. The van der Waals surface area contributed by atoms with Crippen LogP contribution in [0.25, 0.3) is 0 Å². The standard InChI is InChI=1S/C38H65O8P/c1-3-5-7-9-11-13-15-17-19-21-22-24-26-28-30-32-37(39)44-34-36(35-45-47(41,42)43)46-38(40)33-31-29-27-25-23-20-18-16-14-12-10-8-6-4-2/h10-13,16-19,22,24,36H,3-9,14-15,20-21,23,25-35H2,1-2H3,(H2,41,42,43)/b12-10+,13-11+,18-16+,19-17+,24-22+/t36-/m1/s1. The fourth-order valence-electron chi connectivity index (χ4n) is 4.51. The third-order valence-electron chi connectivity index (χ3n) is 7.26. The van der Waals surface area contributed by atoms with E-state index < -0.39 is 32.5 Å². The normalized spacial score (nSPS) is 13.2. The summed E-state index contributed by atoms with van der Waals surface area (Å²) in [6, 6.07) is 0. The van der Waals surface area contributed by atoms with Gasteiger partial charge in [0.15, 0.2) is 6.10 Å². The summed E-state index contributed by atoms with van der Waals surface area (Å²) in [7, 11) is -4.76. The minimum Gasteiger partial charge on any atom is -0.462 e. The average Bonchev–Trinajstić information content (AvgIpc) is 3.03. The molecule has 0 heterocycles. The highest BCUT2D eigenvalue weighted by Gasteiger charge is 2.22. The number of carbonyl (C=O) groups is 2. The summed E-state index contributed by atoms with van der Waals surface area (Å²) < 4.78 is 26.2. The predicted octanol–water partition coefficient (Wildman–Crippen LogP) is 10.6. The molecule has 0 amide bonds. The SMILES string of the molecule is CCCC/C=C/C/C=C/CCCCCCCC(=O)O[C@H](COC(=O)CCCC/C=C/C/C=C/C/C=C/CCCCC)COP(=O)(O)O. The Morgan fingerprint density at radius 2 is 0.979 bits per heavy atom. The third kappa shape index (κ3) is 36.4. The Hall–Kier alpha value is -2.25. The fraction of sp³-hybridized carbons (Fsp3) is 0.684. The number of ether oxygens (including phenoxy) is 2. The highest BCUT2D eigenvalue weighted by atomic mass is 31.2. The minimum absolute atomic E-state index is 0.185. The van der Waals surface area contributed by atoms with Crippen LogP contribution in [-0.4, -0.2) is 41.0 Å². The van der Waals surface area contributed by atoms with Gasteiger partial charge >= 0.3 is 19.8 Å². The van der Waals surface area contributed by atoms with Crippen molar-refractivity contribution >= 4 is 19.8 Å². The number of esters is 2. The number of carbonyl (C=O) groups excluding carboxylic acids is 2. The Bertz CT molecular complexity index is 947. The molecule has 0 bridgehead atoms. The van der Waals surface area contributed by atoms with Crippen molar-refractivity contribution in [3.8, 4) is 0 Å². The van der Waals surface area contributed by atoms with Gasteiger partial charge in [0.25, 0.3) is 0 Å². The van der Waals surface area contributed by atoms with E-state index in [-0.39, 0.29) is 19.4 Å². The zero-order chi connectivity index (χ0) is 34.7. The van der Waals surface area contributed by atoms with Crippen LogP contribution in [0.5, 0.6) is 0 Å². The lowest BCUT2D eigenvalue weighted by Gasteiger charge is -2.18. The Kier molecular flexibility index (Phi) is 32.0. The van der Waals surface area contributed by atoms with Crippen molar-refractivity contribution in [3.05, 3.63) is 60.8 Å². The highest BCUT2D eigenvalue weighted by molar-refractivity contribution is 7.46. The zero-order valence-corrected chi connectivity index (χ0v) is 30.3. The molecule has 0 saturated heterocycles. The van der Waals surface area contributed by atoms with Crippen LogP contribution < -0.4 is 0 Å². The molecule has 270 valence electrons. The lowest BCUT2D eigenvalue weighted by atomic mass is 10.1. The van der Waals surface area contributed by atoms with Crippen LogP contribution in [0.2, 0.25) is 0 Å². The molecule has 0 aliphatic carbocycles. The van der Waals surface area contributed by atoms with Crippen molar-refractivity contribution < 1.29 is 37.9 Å². The van der Waals surface area contributed by atoms with E-state index in [9.17, 15) is 14.2 Å². The van der Waals surface area contributed by atoms with Crippen molar-refractivity contribution in [2.75, 3.05) is 13.2 Å². The Morgan fingerprint density at radius 3 is 1.53 bits per heavy atom. The Balaban J connectivity index is 4.10. The van der Waals surface area contributed by atoms with Gasteiger partial charge < -0.3 is 19.3 Å². The fourth-order valence-corrected chi connectivity index (χ4v) is 4.87. The van der Waals surface area contributed by atoms with E-state index in [4.69, 9.17) is 19.3 Å². The first-order valence-corrected chi connectivity index (χ1v) is 19.6. The molecule has 47 heavy (non-hydrogen) atoms. The number of hydrogen-bond donors (Lipinski definition) is 2. The molecular weight excluding hydrogens is 615 g/mol. The van der Waals surface area contributed by atoms with E-state index in [0.717, 1.165) is 77.0 Å². The van der Waals surface area contributed by atoms with Crippen LogP contribution in [-0.2, 0) is 28.2 Å². The van der Waals surface area contributed by atoms with E-state index in [1.165, 1.54) is 32.1 Å². The molecule has 1 atom stereocenters. The van der Waals surface area contributed by atoms with Crippen molar-refractivity contribution in [2.45, 2.75) is 155 Å². The summed E-state index contributed by atoms with van der Waals surface area (Å²) in [5, 5.41) is 0. The minimum atomic E-state index is -4.76. The molecule has 0 rings (SSSR count). The van der Waals surface area contributed by atoms with E-state index >= 15 is 0 Å². The van der Waals surface area contributed by atoms with Gasteiger partial charge in [0.1, 0.15) is 6.61 Å². The second-order valence-electron chi connectivity index (χ2n) is 11.8. The molecule has 0 spiro atoms. The number of allylic oxidation sites excluding steroid dienone is 10. The van der Waals surface area contributed by atoms with Crippen molar-refractivity contribution in [3.63, 3.8) is 0 Å². The second kappa shape index (κ2) is 33.6. The van der Waals surface area contributed by atoms with Gasteiger partial charge in [0, 0.05) is 12.8 Å². The van der Waals surface area contributed by atoms with Gasteiger partial charge in [-0.1, -0.05) is 120 Å². The van der Waals surface area contributed by atoms with Crippen LogP contribution in [0.3, 0.4) is 0 Å². The molecule has 0 aromatic rings. The first-order chi connectivity index (χ1) is 22.8. The molecule has 0 radical (unpaired) electrons. The largest absolute Gasteiger partial charge is 0.469 e. The maximum Gasteiger partial charge on any atom is 0.469 e. The Labute approximate surface area is 286 Å². The lowest BCUT2D eigenvalue weighted by molar-refractivity contribution is -0.161. The molecule has 2 N–H and O–H groups in total. The van der Waals surface area contributed by atoms with Crippen molar-refractivity contribution in [1.29, 1.82) is 0 Å². The average molecular weight is 681 g/mol. The smallest absolute Gasteiger partial charge is 0.462 e. The maximum absolute atomic E-state index is 12.3. The molecule has 0 aliphatic heterocycles. The molecule has 0 aliphatic rings. The predicted molar refractivity (Wildman–Crippen MR) is 193 cm³/mol. The van der Waals surface area contributed by atoms with Crippen LogP contribution in [0.15, 0.2) is 60.8 Å². The molecule has 9 heteroatoms. The maximum atomic E-state index is 12.3. The van der Waals surface area contributed by atoms with E-state index in [1.54, 1.807) is 0 Å². The number of rotatable bonds is 32. The molecule has 0 saturated carbocycles. The van der Waals surface area contributed by atoms with E-state index in [2.05, 4.69) is 79.1 Å². The number of phosphoric acid groups is 1.